The Morgan fingerprint density at radius 2 is 1.90 bits per heavy atom. The van der Waals surface area contributed by atoms with E-state index in [0.29, 0.717) is 33.7 Å². The van der Waals surface area contributed by atoms with Gasteiger partial charge in [0, 0.05) is 17.8 Å². The number of nitrogens with zero attached hydrogens (tertiary/aromatic N) is 3. The molecule has 0 fully saturated rings. The second-order valence-electron chi connectivity index (χ2n) is 7.07. The van der Waals surface area contributed by atoms with Crippen LogP contribution in [0.1, 0.15) is 26.8 Å². The van der Waals surface area contributed by atoms with Gasteiger partial charge in [-0.2, -0.15) is 0 Å². The maximum Gasteiger partial charge on any atom is 0.237 e. The van der Waals surface area contributed by atoms with E-state index >= 15 is 0 Å². The molecule has 2 heterocycles. The number of thioether (sulfide) groups is 1. The molecule has 0 spiro atoms. The van der Waals surface area contributed by atoms with Crippen molar-refractivity contribution in [3.63, 3.8) is 0 Å². The first-order valence-corrected chi connectivity index (χ1v) is 10.4. The highest BCUT2D eigenvalue weighted by Crippen LogP contribution is 2.35. The first-order chi connectivity index (χ1) is 14.4. The van der Waals surface area contributed by atoms with Gasteiger partial charge < -0.3 is 14.8 Å². The van der Waals surface area contributed by atoms with Gasteiger partial charge in [0.25, 0.3) is 0 Å². The zero-order chi connectivity index (χ0) is 21.3. The lowest BCUT2D eigenvalue weighted by molar-refractivity contribution is -0.115. The highest BCUT2D eigenvalue weighted by Gasteiger charge is 2.24. The van der Waals surface area contributed by atoms with Gasteiger partial charge >= 0.3 is 0 Å². The van der Waals surface area contributed by atoms with Crippen molar-refractivity contribution in [1.29, 1.82) is 0 Å². The fourth-order valence-corrected chi connectivity index (χ4v) is 4.06. The molecule has 156 valence electrons. The van der Waals surface area contributed by atoms with Crippen LogP contribution in [-0.2, 0) is 4.79 Å². The third kappa shape index (κ3) is 3.97. The molecule has 0 unspecified atom stereocenters. The fourth-order valence-electron chi connectivity index (χ4n) is 3.08. The first-order valence-electron chi connectivity index (χ1n) is 9.51. The van der Waals surface area contributed by atoms with Gasteiger partial charge in [-0.1, -0.05) is 23.9 Å². The number of ether oxygens (including phenoxy) is 2. The number of benzene rings is 2. The number of carbonyl (C=O) groups excluding carboxylic acids is 1. The van der Waals surface area contributed by atoms with Crippen molar-refractivity contribution in [1.82, 2.24) is 14.8 Å². The van der Waals surface area contributed by atoms with Gasteiger partial charge in [0.15, 0.2) is 22.5 Å². The van der Waals surface area contributed by atoms with Crippen molar-refractivity contribution in [3.05, 3.63) is 48.3 Å². The lowest BCUT2D eigenvalue weighted by Crippen LogP contribution is -2.23. The minimum Gasteiger partial charge on any atom is -0.454 e. The molecule has 2 aromatic carbocycles. The third-order valence-electron chi connectivity index (χ3n) is 4.59. The van der Waals surface area contributed by atoms with Crippen LogP contribution in [0.5, 0.6) is 11.5 Å². The van der Waals surface area contributed by atoms with E-state index in [-0.39, 0.29) is 24.6 Å². The number of rotatable bonds is 6. The van der Waals surface area contributed by atoms with Gasteiger partial charge in [0.2, 0.25) is 12.7 Å². The summed E-state index contributed by atoms with van der Waals surface area (Å²) in [5.74, 6) is 1.14. The van der Waals surface area contributed by atoms with Crippen LogP contribution in [0, 0.1) is 5.82 Å². The lowest BCUT2D eigenvalue weighted by atomic mass is 10.2. The van der Waals surface area contributed by atoms with E-state index in [1.165, 1.54) is 17.8 Å². The predicted octanol–water partition coefficient (Wildman–Crippen LogP) is 4.51. The molecule has 1 N–H and O–H groups in total. The van der Waals surface area contributed by atoms with Crippen LogP contribution in [0.3, 0.4) is 0 Å². The summed E-state index contributed by atoms with van der Waals surface area (Å²) in [6.45, 7) is 5.90. The van der Waals surface area contributed by atoms with Crippen molar-refractivity contribution in [2.24, 2.45) is 0 Å². The van der Waals surface area contributed by atoms with E-state index in [2.05, 4.69) is 15.5 Å². The van der Waals surface area contributed by atoms with Gasteiger partial charge in [-0.05, 0) is 45.0 Å². The van der Waals surface area contributed by atoms with Crippen molar-refractivity contribution < 1.29 is 18.7 Å². The fraction of sp³-hybridized carbons (Fsp3) is 0.286. The number of anilines is 1. The molecule has 30 heavy (non-hydrogen) atoms. The number of hydrogen-bond acceptors (Lipinski definition) is 6. The maximum absolute atomic E-state index is 14.3. The van der Waals surface area contributed by atoms with Crippen molar-refractivity contribution in [2.75, 3.05) is 12.1 Å². The van der Waals surface area contributed by atoms with Crippen LogP contribution in [0.15, 0.2) is 47.6 Å². The number of aromatic nitrogens is 3. The molecule has 0 saturated carbocycles. The molecule has 0 radical (unpaired) electrons. The molecular formula is C21H21FN4O3S. The molecule has 0 saturated heterocycles. The molecule has 4 rings (SSSR count). The molecule has 9 heteroatoms. The van der Waals surface area contributed by atoms with Crippen molar-refractivity contribution >= 4 is 23.4 Å². The Balaban J connectivity index is 1.52. The summed E-state index contributed by atoms with van der Waals surface area (Å²) < 4.78 is 26.8. The minimum atomic E-state index is -0.453. The molecule has 1 aromatic heterocycles. The molecule has 0 aliphatic carbocycles. The van der Waals surface area contributed by atoms with Crippen LogP contribution in [0.25, 0.3) is 11.4 Å². The van der Waals surface area contributed by atoms with E-state index < -0.39 is 5.25 Å². The zero-order valence-electron chi connectivity index (χ0n) is 16.8. The van der Waals surface area contributed by atoms with Crippen LogP contribution in [0.4, 0.5) is 10.1 Å². The molecule has 3 aromatic rings. The SMILES string of the molecule is CC(C)n1c(S[C@@H](C)C(=O)Nc2ccc3c(c2)OCO3)nnc1-c1ccccc1F. The van der Waals surface area contributed by atoms with Crippen molar-refractivity contribution in [2.45, 2.75) is 37.2 Å². The van der Waals surface area contributed by atoms with E-state index in [1.807, 2.05) is 18.4 Å². The minimum absolute atomic E-state index is 0.0128. The summed E-state index contributed by atoms with van der Waals surface area (Å²) in [4.78, 5) is 12.7. The average Bonchev–Trinajstić information content (AvgIpc) is 3.34. The third-order valence-corrected chi connectivity index (χ3v) is 5.64. The number of nitrogens with one attached hydrogen (secondary N) is 1. The Morgan fingerprint density at radius 3 is 2.67 bits per heavy atom. The monoisotopic (exact) mass is 428 g/mol. The van der Waals surface area contributed by atoms with E-state index in [9.17, 15) is 9.18 Å². The smallest absolute Gasteiger partial charge is 0.237 e. The summed E-state index contributed by atoms with van der Waals surface area (Å²) in [5, 5.41) is 11.4. The number of carbonyl (C=O) groups is 1. The van der Waals surface area contributed by atoms with Crippen LogP contribution >= 0.6 is 11.8 Å². The normalized spacial score (nSPS) is 13.5. The number of fused-ring (bicyclic) bond motifs is 1. The summed E-state index contributed by atoms with van der Waals surface area (Å²) in [7, 11) is 0. The molecule has 1 aliphatic rings. The second kappa shape index (κ2) is 8.35. The Kier molecular flexibility index (Phi) is 5.63. The molecule has 1 atom stereocenters. The highest BCUT2D eigenvalue weighted by atomic mass is 32.2. The molecule has 0 bridgehead atoms. The number of amides is 1. The summed E-state index contributed by atoms with van der Waals surface area (Å²) in [5.41, 5.74) is 0.997. The summed E-state index contributed by atoms with van der Waals surface area (Å²) in [6.07, 6.45) is 0. The van der Waals surface area contributed by atoms with E-state index in [0.717, 1.165) is 0 Å². The molecular weight excluding hydrogens is 407 g/mol. The van der Waals surface area contributed by atoms with Crippen LogP contribution < -0.4 is 14.8 Å². The quantitative estimate of drug-likeness (QED) is 0.582. The van der Waals surface area contributed by atoms with Gasteiger partial charge in [-0.3, -0.25) is 9.36 Å². The largest absolute Gasteiger partial charge is 0.454 e. The van der Waals surface area contributed by atoms with Gasteiger partial charge in [-0.15, -0.1) is 10.2 Å². The lowest BCUT2D eigenvalue weighted by Gasteiger charge is -2.16. The highest BCUT2D eigenvalue weighted by molar-refractivity contribution is 8.00. The molecule has 1 aliphatic heterocycles. The summed E-state index contributed by atoms with van der Waals surface area (Å²) in [6, 6.07) is 11.7. The van der Waals surface area contributed by atoms with Gasteiger partial charge in [0.1, 0.15) is 5.82 Å². The van der Waals surface area contributed by atoms with Crippen molar-refractivity contribution in [3.8, 4) is 22.9 Å². The first kappa shape index (κ1) is 20.2. The predicted molar refractivity (Wildman–Crippen MR) is 112 cm³/mol. The standard InChI is InChI=1S/C21H21FN4O3S/c1-12(2)26-19(15-6-4-5-7-16(15)22)24-25-21(26)30-13(3)20(27)23-14-8-9-17-18(10-14)29-11-28-17/h4-10,12-13H,11H2,1-3H3,(H,23,27)/t13-/m0/s1. The maximum atomic E-state index is 14.3. The Hall–Kier alpha value is -3.07. The average molecular weight is 428 g/mol. The summed E-state index contributed by atoms with van der Waals surface area (Å²) >= 11 is 1.27. The second-order valence-corrected chi connectivity index (χ2v) is 8.38. The van der Waals surface area contributed by atoms with Crippen LogP contribution in [-0.4, -0.2) is 32.7 Å². The molecule has 7 nitrogen and oxygen atoms in total. The Labute approximate surface area is 177 Å². The Morgan fingerprint density at radius 1 is 1.13 bits per heavy atom. The molecule has 1 amide bonds. The van der Waals surface area contributed by atoms with Gasteiger partial charge in [0.05, 0.1) is 10.8 Å². The number of halogens is 1. The van der Waals surface area contributed by atoms with E-state index in [1.54, 1.807) is 43.3 Å². The topological polar surface area (TPSA) is 78.3 Å². The van der Waals surface area contributed by atoms with E-state index in [4.69, 9.17) is 9.47 Å². The number of hydrogen-bond donors (Lipinski definition) is 1. The van der Waals surface area contributed by atoms with Gasteiger partial charge in [-0.25, -0.2) is 4.39 Å². The van der Waals surface area contributed by atoms with Crippen LogP contribution in [0.2, 0.25) is 0 Å². The zero-order valence-corrected chi connectivity index (χ0v) is 17.6. The Bertz CT molecular complexity index is 1090.